The number of nitrogen functional groups attached to an aromatic ring is 1. The van der Waals surface area contributed by atoms with Crippen molar-refractivity contribution in [2.75, 3.05) is 5.73 Å². The summed E-state index contributed by atoms with van der Waals surface area (Å²) >= 11 is 0. The van der Waals surface area contributed by atoms with E-state index in [2.05, 4.69) is 9.97 Å². The van der Waals surface area contributed by atoms with Crippen LogP contribution >= 0.6 is 0 Å². The lowest BCUT2D eigenvalue weighted by molar-refractivity contribution is 0.964. The van der Waals surface area contributed by atoms with Gasteiger partial charge in [-0.2, -0.15) is 0 Å². The third-order valence-corrected chi connectivity index (χ3v) is 3.46. The minimum Gasteiger partial charge on any atom is -0.399 e. The predicted molar refractivity (Wildman–Crippen MR) is 82.2 cm³/mol. The topological polar surface area (TPSA) is 61.1 Å². The third-order valence-electron chi connectivity index (χ3n) is 3.46. The standard InChI is InChI=1S/C16H13N5/c17-13-6-4-12(5-7-13)16-19-9-11-21(16)15-3-1-2-14-18-8-10-20(14)15/h1-11H,17H2. The van der Waals surface area contributed by atoms with Crippen molar-refractivity contribution >= 4 is 11.3 Å². The molecule has 5 nitrogen and oxygen atoms in total. The van der Waals surface area contributed by atoms with Crippen molar-refractivity contribution in [3.8, 4) is 17.2 Å². The highest BCUT2D eigenvalue weighted by Gasteiger charge is 2.10. The Morgan fingerprint density at radius 1 is 0.857 bits per heavy atom. The Morgan fingerprint density at radius 3 is 2.52 bits per heavy atom. The van der Waals surface area contributed by atoms with Crippen LogP contribution in [-0.2, 0) is 0 Å². The Hall–Kier alpha value is -3.08. The number of fused-ring (bicyclic) bond motifs is 1. The quantitative estimate of drug-likeness (QED) is 0.572. The van der Waals surface area contributed by atoms with E-state index in [0.717, 1.165) is 28.5 Å². The summed E-state index contributed by atoms with van der Waals surface area (Å²) in [5, 5.41) is 0. The van der Waals surface area contributed by atoms with E-state index in [4.69, 9.17) is 5.73 Å². The summed E-state index contributed by atoms with van der Waals surface area (Å²) in [5.41, 5.74) is 8.42. The molecule has 4 aromatic rings. The predicted octanol–water partition coefficient (Wildman–Crippen LogP) is 2.77. The largest absolute Gasteiger partial charge is 0.399 e. The van der Waals surface area contributed by atoms with Crippen molar-refractivity contribution in [3.05, 3.63) is 67.3 Å². The van der Waals surface area contributed by atoms with Gasteiger partial charge in [-0.1, -0.05) is 6.07 Å². The monoisotopic (exact) mass is 275 g/mol. The zero-order valence-corrected chi connectivity index (χ0v) is 11.2. The van der Waals surface area contributed by atoms with E-state index < -0.39 is 0 Å². The van der Waals surface area contributed by atoms with E-state index >= 15 is 0 Å². The van der Waals surface area contributed by atoms with Crippen LogP contribution in [0.2, 0.25) is 0 Å². The fourth-order valence-electron chi connectivity index (χ4n) is 2.46. The van der Waals surface area contributed by atoms with Gasteiger partial charge in [0.1, 0.15) is 17.3 Å². The second kappa shape index (κ2) is 4.49. The fraction of sp³-hybridized carbons (Fsp3) is 0. The van der Waals surface area contributed by atoms with Crippen LogP contribution in [-0.4, -0.2) is 18.9 Å². The van der Waals surface area contributed by atoms with Crippen LogP contribution in [0.25, 0.3) is 22.9 Å². The molecule has 0 saturated carbocycles. The molecule has 0 fully saturated rings. The zero-order chi connectivity index (χ0) is 14.2. The highest BCUT2D eigenvalue weighted by molar-refractivity contribution is 5.61. The second-order valence-corrected chi connectivity index (χ2v) is 4.78. The number of aromatic nitrogens is 4. The van der Waals surface area contributed by atoms with Crippen LogP contribution in [0.1, 0.15) is 0 Å². The Bertz CT molecular complexity index is 902. The summed E-state index contributed by atoms with van der Waals surface area (Å²) in [6, 6.07) is 13.7. The molecule has 21 heavy (non-hydrogen) atoms. The number of nitrogens with two attached hydrogens (primary N) is 1. The van der Waals surface area contributed by atoms with Gasteiger partial charge in [-0.3, -0.25) is 8.97 Å². The number of rotatable bonds is 2. The molecule has 5 heteroatoms. The Labute approximate surface area is 121 Å². The molecule has 0 radical (unpaired) electrons. The maximum absolute atomic E-state index is 5.75. The molecule has 1 aromatic carbocycles. The van der Waals surface area contributed by atoms with Gasteiger partial charge in [0.15, 0.2) is 0 Å². The van der Waals surface area contributed by atoms with Crippen molar-refractivity contribution in [1.29, 1.82) is 0 Å². The van der Waals surface area contributed by atoms with Gasteiger partial charge >= 0.3 is 0 Å². The van der Waals surface area contributed by atoms with Crippen molar-refractivity contribution < 1.29 is 0 Å². The van der Waals surface area contributed by atoms with Gasteiger partial charge in [0.2, 0.25) is 0 Å². The first-order valence-corrected chi connectivity index (χ1v) is 6.65. The maximum atomic E-state index is 5.75. The minimum atomic E-state index is 0.744. The summed E-state index contributed by atoms with van der Waals surface area (Å²) in [6.07, 6.45) is 7.47. The SMILES string of the molecule is Nc1ccc(-c2nccn2-c2cccc3nccn23)cc1. The lowest BCUT2D eigenvalue weighted by atomic mass is 10.2. The molecular formula is C16H13N5. The van der Waals surface area contributed by atoms with Crippen molar-refractivity contribution in [2.45, 2.75) is 0 Å². The van der Waals surface area contributed by atoms with E-state index in [9.17, 15) is 0 Å². The molecule has 0 saturated heterocycles. The first-order chi connectivity index (χ1) is 10.3. The molecule has 0 unspecified atom stereocenters. The minimum absolute atomic E-state index is 0.744. The molecule has 0 aliphatic heterocycles. The second-order valence-electron chi connectivity index (χ2n) is 4.78. The van der Waals surface area contributed by atoms with E-state index in [1.165, 1.54) is 0 Å². The van der Waals surface area contributed by atoms with Gasteiger partial charge in [-0.05, 0) is 36.4 Å². The van der Waals surface area contributed by atoms with Crippen molar-refractivity contribution in [2.24, 2.45) is 0 Å². The van der Waals surface area contributed by atoms with Crippen molar-refractivity contribution in [1.82, 2.24) is 18.9 Å². The molecule has 4 rings (SSSR count). The number of imidazole rings is 2. The number of benzene rings is 1. The molecule has 0 spiro atoms. The maximum Gasteiger partial charge on any atom is 0.145 e. The van der Waals surface area contributed by atoms with Gasteiger partial charge in [-0.25, -0.2) is 9.97 Å². The average molecular weight is 275 g/mol. The summed E-state index contributed by atoms with van der Waals surface area (Å²) in [6.45, 7) is 0. The zero-order valence-electron chi connectivity index (χ0n) is 11.2. The van der Waals surface area contributed by atoms with Crippen LogP contribution in [0.3, 0.4) is 0 Å². The van der Waals surface area contributed by atoms with E-state index in [-0.39, 0.29) is 0 Å². The number of nitrogens with zero attached hydrogens (tertiary/aromatic N) is 4. The highest BCUT2D eigenvalue weighted by atomic mass is 15.2. The molecule has 0 amide bonds. The van der Waals surface area contributed by atoms with Gasteiger partial charge < -0.3 is 5.73 Å². The van der Waals surface area contributed by atoms with Gasteiger partial charge in [0.05, 0.1) is 0 Å². The fourth-order valence-corrected chi connectivity index (χ4v) is 2.46. The van der Waals surface area contributed by atoms with Crippen LogP contribution in [0.15, 0.2) is 67.3 Å². The Balaban J connectivity index is 1.93. The molecule has 2 N–H and O–H groups in total. The molecule has 3 heterocycles. The van der Waals surface area contributed by atoms with Gasteiger partial charge in [0, 0.05) is 36.0 Å². The van der Waals surface area contributed by atoms with Crippen LogP contribution in [0.5, 0.6) is 0 Å². The van der Waals surface area contributed by atoms with Crippen LogP contribution < -0.4 is 5.73 Å². The van der Waals surface area contributed by atoms with Crippen LogP contribution in [0, 0.1) is 0 Å². The number of hydrogen-bond donors (Lipinski definition) is 1. The molecule has 102 valence electrons. The van der Waals surface area contributed by atoms with E-state index in [0.29, 0.717) is 0 Å². The number of anilines is 1. The van der Waals surface area contributed by atoms with Gasteiger partial charge in [-0.15, -0.1) is 0 Å². The summed E-state index contributed by atoms with van der Waals surface area (Å²) in [5.74, 6) is 1.87. The average Bonchev–Trinajstić information content (AvgIpc) is 3.16. The normalized spacial score (nSPS) is 11.0. The molecule has 0 bridgehead atoms. The summed E-state index contributed by atoms with van der Waals surface area (Å²) < 4.78 is 4.07. The highest BCUT2D eigenvalue weighted by Crippen LogP contribution is 2.22. The number of pyridine rings is 1. The van der Waals surface area contributed by atoms with Crippen molar-refractivity contribution in [3.63, 3.8) is 0 Å². The number of hydrogen-bond acceptors (Lipinski definition) is 3. The molecule has 0 aliphatic carbocycles. The summed E-state index contributed by atoms with van der Waals surface area (Å²) in [4.78, 5) is 8.79. The van der Waals surface area contributed by atoms with E-state index in [1.807, 2.05) is 63.8 Å². The lowest BCUT2D eigenvalue weighted by Gasteiger charge is -2.10. The van der Waals surface area contributed by atoms with Crippen LogP contribution in [0.4, 0.5) is 5.69 Å². The first-order valence-electron chi connectivity index (χ1n) is 6.65. The van der Waals surface area contributed by atoms with E-state index in [1.54, 1.807) is 12.4 Å². The Morgan fingerprint density at radius 2 is 1.67 bits per heavy atom. The Kier molecular flexibility index (Phi) is 2.50. The molecule has 0 atom stereocenters. The molecule has 3 aromatic heterocycles. The third kappa shape index (κ3) is 1.87. The lowest BCUT2D eigenvalue weighted by Crippen LogP contribution is -2.02. The van der Waals surface area contributed by atoms with Gasteiger partial charge in [0.25, 0.3) is 0 Å². The summed E-state index contributed by atoms with van der Waals surface area (Å²) in [7, 11) is 0. The molecule has 0 aliphatic rings. The smallest absolute Gasteiger partial charge is 0.145 e. The first kappa shape index (κ1) is 11.7. The molecular weight excluding hydrogens is 262 g/mol.